The molecular formula is C18H16N2O3. The highest BCUT2D eigenvalue weighted by Crippen LogP contribution is 2.40. The van der Waals surface area contributed by atoms with Crippen molar-refractivity contribution < 1.29 is 14.3 Å². The maximum absolute atomic E-state index is 12.5. The maximum atomic E-state index is 12.5. The van der Waals surface area contributed by atoms with Gasteiger partial charge in [0.15, 0.2) is 0 Å². The molecule has 2 amide bonds. The van der Waals surface area contributed by atoms with E-state index in [2.05, 4.69) is 0 Å². The first kappa shape index (κ1) is 13.8. The highest BCUT2D eigenvalue weighted by molar-refractivity contribution is 6.10. The Morgan fingerprint density at radius 2 is 1.61 bits per heavy atom. The molecular weight excluding hydrogens is 292 g/mol. The summed E-state index contributed by atoms with van der Waals surface area (Å²) in [4.78, 5) is 28.2. The van der Waals surface area contributed by atoms with Gasteiger partial charge >= 0.3 is 6.09 Å². The van der Waals surface area contributed by atoms with Gasteiger partial charge in [-0.25, -0.2) is 4.79 Å². The number of para-hydroxylation sites is 3. The van der Waals surface area contributed by atoms with Crippen molar-refractivity contribution in [3.05, 3.63) is 54.6 Å². The summed E-state index contributed by atoms with van der Waals surface area (Å²) in [6.07, 6.45) is 1.51. The van der Waals surface area contributed by atoms with E-state index >= 15 is 0 Å². The van der Waals surface area contributed by atoms with Crippen LogP contribution in [0.5, 0.6) is 5.75 Å². The van der Waals surface area contributed by atoms with E-state index in [1.165, 1.54) is 4.90 Å². The largest absolute Gasteiger partial charge is 0.420 e. The lowest BCUT2D eigenvalue weighted by Crippen LogP contribution is -2.49. The van der Waals surface area contributed by atoms with Crippen LogP contribution in [0.3, 0.4) is 0 Å². The Bertz CT molecular complexity index is 756. The molecule has 2 aromatic carbocycles. The van der Waals surface area contributed by atoms with Crippen molar-refractivity contribution in [3.8, 4) is 5.75 Å². The van der Waals surface area contributed by atoms with Crippen LogP contribution in [0, 0.1) is 0 Å². The van der Waals surface area contributed by atoms with Crippen LogP contribution in [0.4, 0.5) is 16.2 Å². The van der Waals surface area contributed by atoms with E-state index in [0.717, 1.165) is 24.2 Å². The van der Waals surface area contributed by atoms with E-state index in [4.69, 9.17) is 4.74 Å². The van der Waals surface area contributed by atoms with Gasteiger partial charge in [0.2, 0.25) is 5.91 Å². The molecule has 0 N–H and O–H groups in total. The first-order valence-corrected chi connectivity index (χ1v) is 7.69. The van der Waals surface area contributed by atoms with E-state index in [9.17, 15) is 9.59 Å². The molecule has 0 bridgehead atoms. The summed E-state index contributed by atoms with van der Waals surface area (Å²) in [5, 5.41) is 0. The average molecular weight is 308 g/mol. The number of fused-ring (bicyclic) bond motifs is 1. The fourth-order valence-corrected chi connectivity index (χ4v) is 2.87. The molecule has 23 heavy (non-hydrogen) atoms. The van der Waals surface area contributed by atoms with Crippen molar-refractivity contribution in [2.24, 2.45) is 0 Å². The second kappa shape index (κ2) is 5.43. The van der Waals surface area contributed by atoms with E-state index < -0.39 is 6.09 Å². The number of nitrogens with zero attached hydrogens (tertiary/aromatic N) is 2. The molecule has 5 heteroatoms. The summed E-state index contributed by atoms with van der Waals surface area (Å²) >= 11 is 0. The van der Waals surface area contributed by atoms with Crippen molar-refractivity contribution in [3.63, 3.8) is 0 Å². The Kier molecular flexibility index (Phi) is 3.26. The Morgan fingerprint density at radius 1 is 0.957 bits per heavy atom. The molecule has 0 unspecified atom stereocenters. The van der Waals surface area contributed by atoms with Crippen molar-refractivity contribution in [1.82, 2.24) is 0 Å². The van der Waals surface area contributed by atoms with Gasteiger partial charge in [0, 0.05) is 6.04 Å². The number of anilines is 2. The summed E-state index contributed by atoms with van der Waals surface area (Å²) in [5.41, 5.74) is 1.51. The van der Waals surface area contributed by atoms with E-state index in [1.807, 2.05) is 35.2 Å². The molecule has 0 saturated heterocycles. The zero-order chi connectivity index (χ0) is 15.8. The summed E-state index contributed by atoms with van der Waals surface area (Å²) in [6.45, 7) is 0.0131. The number of carbonyl (C=O) groups excluding carboxylic acids is 2. The third-order valence-electron chi connectivity index (χ3n) is 4.07. The predicted molar refractivity (Wildman–Crippen MR) is 86.8 cm³/mol. The summed E-state index contributed by atoms with van der Waals surface area (Å²) in [7, 11) is 0. The maximum Gasteiger partial charge on any atom is 0.420 e. The number of ether oxygens (including phenoxy) is 1. The molecule has 1 saturated carbocycles. The number of hydrogen-bond donors (Lipinski definition) is 0. The normalized spacial score (nSPS) is 17.0. The molecule has 0 atom stereocenters. The topological polar surface area (TPSA) is 49.9 Å². The molecule has 1 fully saturated rings. The van der Waals surface area contributed by atoms with Crippen LogP contribution in [0.1, 0.15) is 12.8 Å². The van der Waals surface area contributed by atoms with Crippen LogP contribution < -0.4 is 14.5 Å². The first-order chi connectivity index (χ1) is 11.2. The minimum atomic E-state index is -0.535. The Labute approximate surface area is 134 Å². The van der Waals surface area contributed by atoms with Gasteiger partial charge in [-0.05, 0) is 37.1 Å². The quantitative estimate of drug-likeness (QED) is 0.856. The molecule has 1 heterocycles. The Morgan fingerprint density at radius 3 is 2.30 bits per heavy atom. The lowest BCUT2D eigenvalue weighted by Gasteiger charge is -2.35. The Hall–Kier alpha value is -2.82. The van der Waals surface area contributed by atoms with E-state index in [-0.39, 0.29) is 18.5 Å². The number of rotatable bonds is 2. The lowest BCUT2D eigenvalue weighted by atomic mass is 10.1. The monoisotopic (exact) mass is 308 g/mol. The number of benzene rings is 2. The third kappa shape index (κ3) is 2.54. The van der Waals surface area contributed by atoms with Crippen molar-refractivity contribution in [2.75, 3.05) is 16.3 Å². The zero-order valence-corrected chi connectivity index (χ0v) is 12.5. The zero-order valence-electron chi connectivity index (χ0n) is 12.5. The third-order valence-corrected chi connectivity index (χ3v) is 4.07. The number of hydrogen-bond acceptors (Lipinski definition) is 3. The summed E-state index contributed by atoms with van der Waals surface area (Å²) < 4.78 is 5.39. The fourth-order valence-electron chi connectivity index (χ4n) is 2.87. The van der Waals surface area contributed by atoms with Gasteiger partial charge in [-0.3, -0.25) is 9.69 Å². The highest BCUT2D eigenvalue weighted by atomic mass is 16.6. The molecule has 0 spiro atoms. The minimum Gasteiger partial charge on any atom is -0.410 e. The van der Waals surface area contributed by atoms with Gasteiger partial charge in [0.25, 0.3) is 0 Å². The molecule has 4 rings (SSSR count). The second-order valence-corrected chi connectivity index (χ2v) is 5.75. The van der Waals surface area contributed by atoms with Crippen LogP contribution in [0.25, 0.3) is 0 Å². The van der Waals surface area contributed by atoms with Gasteiger partial charge < -0.3 is 9.64 Å². The first-order valence-electron chi connectivity index (χ1n) is 7.69. The highest BCUT2D eigenvalue weighted by Gasteiger charge is 2.40. The molecule has 2 aliphatic rings. The molecule has 0 radical (unpaired) electrons. The lowest BCUT2D eigenvalue weighted by molar-refractivity contribution is -0.117. The van der Waals surface area contributed by atoms with Crippen LogP contribution >= 0.6 is 0 Å². The van der Waals surface area contributed by atoms with E-state index in [0.29, 0.717) is 5.75 Å². The smallest absolute Gasteiger partial charge is 0.410 e. The van der Waals surface area contributed by atoms with Gasteiger partial charge in [-0.2, -0.15) is 0 Å². The standard InChI is InChI=1S/C18H16N2O3/c21-17-12-19(18(22)23-14-6-2-1-3-7-14)15-8-4-5-9-16(15)20(17)13-10-11-13/h1-9,13H,10-12H2. The molecule has 0 aromatic heterocycles. The SMILES string of the molecule is O=C(Oc1ccccc1)N1CC(=O)N(C2CC2)c2ccccc21. The van der Waals surface area contributed by atoms with Gasteiger partial charge in [0.1, 0.15) is 12.3 Å². The fraction of sp³-hybridized carbons (Fsp3) is 0.222. The molecule has 1 aliphatic carbocycles. The number of amides is 2. The molecule has 5 nitrogen and oxygen atoms in total. The molecule has 116 valence electrons. The summed E-state index contributed by atoms with van der Waals surface area (Å²) in [5.74, 6) is 0.406. The van der Waals surface area contributed by atoms with Gasteiger partial charge in [-0.1, -0.05) is 30.3 Å². The van der Waals surface area contributed by atoms with Gasteiger partial charge in [-0.15, -0.1) is 0 Å². The summed E-state index contributed by atoms with van der Waals surface area (Å²) in [6, 6.07) is 16.6. The Balaban J connectivity index is 1.65. The minimum absolute atomic E-state index is 0.0131. The second-order valence-electron chi connectivity index (χ2n) is 5.75. The van der Waals surface area contributed by atoms with Crippen LogP contribution in [0.2, 0.25) is 0 Å². The average Bonchev–Trinajstić information content (AvgIpc) is 3.39. The van der Waals surface area contributed by atoms with E-state index in [1.54, 1.807) is 24.3 Å². The van der Waals surface area contributed by atoms with Crippen LogP contribution in [-0.4, -0.2) is 24.6 Å². The molecule has 2 aromatic rings. The van der Waals surface area contributed by atoms with Crippen molar-refractivity contribution in [2.45, 2.75) is 18.9 Å². The predicted octanol–water partition coefficient (Wildman–Crippen LogP) is 3.20. The number of carbonyl (C=O) groups is 2. The van der Waals surface area contributed by atoms with Crippen molar-refractivity contribution >= 4 is 23.4 Å². The molecule has 1 aliphatic heterocycles. The van der Waals surface area contributed by atoms with Crippen molar-refractivity contribution in [1.29, 1.82) is 0 Å². The van der Waals surface area contributed by atoms with Crippen LogP contribution in [0.15, 0.2) is 54.6 Å². The van der Waals surface area contributed by atoms with Gasteiger partial charge in [0.05, 0.1) is 11.4 Å². The van der Waals surface area contributed by atoms with Crippen LogP contribution in [-0.2, 0) is 4.79 Å².